The van der Waals surface area contributed by atoms with Crippen molar-refractivity contribution in [3.05, 3.63) is 0 Å². The van der Waals surface area contributed by atoms with Crippen molar-refractivity contribution in [1.82, 2.24) is 0 Å². The summed E-state index contributed by atoms with van der Waals surface area (Å²) in [4.78, 5) is 21.6. The van der Waals surface area contributed by atoms with Gasteiger partial charge in [0.1, 0.15) is 0 Å². The number of halogens is 1. The fourth-order valence-corrected chi connectivity index (χ4v) is 0. The molecule has 0 fully saturated rings. The molecule has 54 valence electrons. The molecule has 0 aliphatic carbocycles. The Morgan fingerprint density at radius 1 is 0.900 bits per heavy atom. The van der Waals surface area contributed by atoms with E-state index in [9.17, 15) is 0 Å². The minimum absolute atomic E-state index is 0. The Morgan fingerprint density at radius 3 is 0.900 bits per heavy atom. The topological polar surface area (TPSA) is 109 Å². The first-order valence-electron chi connectivity index (χ1n) is 0.783. The zero-order chi connectivity index (χ0) is 4.50. The van der Waals surface area contributed by atoms with Gasteiger partial charge in [0.15, 0.2) is 0 Å². The molecule has 0 aromatic heterocycles. The first-order chi connectivity index (χ1) is 2.00. The first kappa shape index (κ1) is 40.9. The molecule has 0 spiro atoms. The van der Waals surface area contributed by atoms with Crippen LogP contribution in [0.25, 0.3) is 0 Å². The Balaban J connectivity index is -0.00000000800. The van der Waals surface area contributed by atoms with Crippen LogP contribution in [0.1, 0.15) is 0 Å². The second-order valence-electron chi connectivity index (χ2n) is 0.513. The molecule has 5 N–H and O–H groups in total. The van der Waals surface area contributed by atoms with Crippen LogP contribution in [0.3, 0.4) is 0 Å². The molecule has 0 atom stereocenters. The molecule has 0 aliphatic rings. The average Bonchev–Trinajstić information content (AvgIpc) is 0.722. The molecule has 0 bridgehead atoms. The van der Waals surface area contributed by atoms with E-state index in [4.69, 9.17) is 19.2 Å². The Bertz CT molecular complexity index is 63.0. The number of rotatable bonds is 0. The van der Waals surface area contributed by atoms with E-state index in [2.05, 4.69) is 0 Å². The van der Waals surface area contributed by atoms with Gasteiger partial charge in [0, 0.05) is 0 Å². The summed E-state index contributed by atoms with van der Waals surface area (Å²) in [5.74, 6) is 0. The van der Waals surface area contributed by atoms with E-state index in [-0.39, 0.29) is 66.8 Å². The van der Waals surface area contributed by atoms with Gasteiger partial charge in [0.05, 0.1) is 0 Å². The van der Waals surface area contributed by atoms with Crippen LogP contribution in [0.2, 0.25) is 0 Å². The SMILES string of the molecule is F.O.O=P(O)(O)O.[LiH].[LiH].[LiH]. The van der Waals surface area contributed by atoms with Crippen molar-refractivity contribution in [3.63, 3.8) is 0 Å². The predicted molar refractivity (Wildman–Crippen MR) is 41.8 cm³/mol. The van der Waals surface area contributed by atoms with Crippen LogP contribution in [-0.4, -0.2) is 76.7 Å². The molecule has 0 aromatic rings. The third-order valence-electron chi connectivity index (χ3n) is 0. The molecule has 5 nitrogen and oxygen atoms in total. The molecule has 10 heteroatoms. The summed E-state index contributed by atoms with van der Waals surface area (Å²) in [6.45, 7) is 0. The zero-order valence-electron chi connectivity index (χ0n) is 3.11. The molecular formula is H9FLi3O5P. The molecule has 0 rings (SSSR count). The third-order valence-corrected chi connectivity index (χ3v) is 0. The molecule has 0 aromatic carbocycles. The molecule has 0 aliphatic heterocycles. The summed E-state index contributed by atoms with van der Waals surface area (Å²) in [6, 6.07) is 0. The van der Waals surface area contributed by atoms with E-state index in [0.29, 0.717) is 0 Å². The summed E-state index contributed by atoms with van der Waals surface area (Å²) in [7, 11) is -4.64. The zero-order valence-corrected chi connectivity index (χ0v) is 4.00. The molecule has 0 radical (unpaired) electrons. The monoisotopic (exact) mass is 160 g/mol. The summed E-state index contributed by atoms with van der Waals surface area (Å²) < 4.78 is 8.88. The molecule has 10 heavy (non-hydrogen) atoms. The molecule has 0 saturated carbocycles. The standard InChI is InChI=1S/FH.3Li.H3O4P.H2O.3H/c;;;;1-5(2,3)4;;;;/h1H;;;;(H3,1,2,3,4);1H2;;;. The number of hydrogen-bond donors (Lipinski definition) is 3. The van der Waals surface area contributed by atoms with Gasteiger partial charge in [0.2, 0.25) is 0 Å². The van der Waals surface area contributed by atoms with Crippen molar-refractivity contribution < 1.29 is 29.4 Å². The number of hydrogen-bond acceptors (Lipinski definition) is 1. The van der Waals surface area contributed by atoms with Crippen molar-refractivity contribution >= 4 is 64.4 Å². The van der Waals surface area contributed by atoms with E-state index < -0.39 is 7.82 Å². The van der Waals surface area contributed by atoms with E-state index in [1.54, 1.807) is 0 Å². The van der Waals surface area contributed by atoms with Gasteiger partial charge in [-0.1, -0.05) is 0 Å². The van der Waals surface area contributed by atoms with Crippen LogP contribution < -0.4 is 0 Å². The third kappa shape index (κ3) is 236. The summed E-state index contributed by atoms with van der Waals surface area (Å²) in [6.07, 6.45) is 0. The molecular weight excluding hydrogens is 151 g/mol. The van der Waals surface area contributed by atoms with Crippen LogP contribution in [-0.2, 0) is 4.57 Å². The van der Waals surface area contributed by atoms with Gasteiger partial charge in [-0.05, 0) is 0 Å². The van der Waals surface area contributed by atoms with Gasteiger partial charge in [-0.2, -0.15) is 0 Å². The number of phosphoric acid groups is 1. The second-order valence-corrected chi connectivity index (χ2v) is 1.54. The summed E-state index contributed by atoms with van der Waals surface area (Å²) in [5.41, 5.74) is 0. The van der Waals surface area contributed by atoms with Crippen molar-refractivity contribution in [1.29, 1.82) is 0 Å². The van der Waals surface area contributed by atoms with Crippen molar-refractivity contribution in [2.24, 2.45) is 0 Å². The Morgan fingerprint density at radius 2 is 0.900 bits per heavy atom. The van der Waals surface area contributed by atoms with Gasteiger partial charge in [-0.15, -0.1) is 0 Å². The minimum atomic E-state index is -4.64. The van der Waals surface area contributed by atoms with Gasteiger partial charge >= 0.3 is 64.4 Å². The maximum absolute atomic E-state index is 8.88. The first-order valence-corrected chi connectivity index (χ1v) is 2.35. The Hall–Kier alpha value is 1.79. The van der Waals surface area contributed by atoms with Gasteiger partial charge in [0.25, 0.3) is 0 Å². The van der Waals surface area contributed by atoms with E-state index in [1.165, 1.54) is 0 Å². The Kier molecular flexibility index (Phi) is 69.8. The molecule has 0 saturated heterocycles. The molecule has 0 heterocycles. The fraction of sp³-hybridized carbons (Fsp3) is 0. The van der Waals surface area contributed by atoms with E-state index in [0.717, 1.165) is 0 Å². The van der Waals surface area contributed by atoms with Crippen LogP contribution in [0.15, 0.2) is 0 Å². The van der Waals surface area contributed by atoms with Gasteiger partial charge < -0.3 is 20.2 Å². The molecule has 0 unspecified atom stereocenters. The van der Waals surface area contributed by atoms with Crippen LogP contribution in [0, 0.1) is 0 Å². The maximum atomic E-state index is 8.88. The average molecular weight is 160 g/mol. The summed E-state index contributed by atoms with van der Waals surface area (Å²) in [5, 5.41) is 0. The summed E-state index contributed by atoms with van der Waals surface area (Å²) >= 11 is 0. The normalized spacial score (nSPS) is 5.90. The van der Waals surface area contributed by atoms with Crippen LogP contribution >= 0.6 is 7.82 Å². The van der Waals surface area contributed by atoms with Gasteiger partial charge in [-0.25, -0.2) is 4.57 Å². The van der Waals surface area contributed by atoms with Crippen molar-refractivity contribution in [2.75, 3.05) is 0 Å². The predicted octanol–water partition coefficient (Wildman–Crippen LogP) is -3.55. The van der Waals surface area contributed by atoms with Crippen molar-refractivity contribution in [2.45, 2.75) is 0 Å². The van der Waals surface area contributed by atoms with Crippen LogP contribution in [0.4, 0.5) is 4.70 Å². The second kappa shape index (κ2) is 17.0. The van der Waals surface area contributed by atoms with E-state index >= 15 is 0 Å². The molecule has 0 amide bonds. The van der Waals surface area contributed by atoms with Crippen molar-refractivity contribution in [3.8, 4) is 0 Å². The van der Waals surface area contributed by atoms with E-state index in [1.807, 2.05) is 0 Å². The Labute approximate surface area is 93.4 Å². The van der Waals surface area contributed by atoms with Gasteiger partial charge in [-0.3, -0.25) is 4.70 Å². The van der Waals surface area contributed by atoms with Crippen LogP contribution in [0.5, 0.6) is 0 Å². The fourth-order valence-electron chi connectivity index (χ4n) is 0. The quantitative estimate of drug-likeness (QED) is 0.251.